The smallest absolute Gasteiger partial charge is 0.207 e. The summed E-state index contributed by atoms with van der Waals surface area (Å²) in [5, 5.41) is 12.1. The van der Waals surface area contributed by atoms with E-state index in [1.54, 1.807) is 6.07 Å². The first kappa shape index (κ1) is 14.6. The summed E-state index contributed by atoms with van der Waals surface area (Å²) in [6, 6.07) is 5.96. The maximum Gasteiger partial charge on any atom is 0.207 e. The van der Waals surface area contributed by atoms with Gasteiger partial charge in [-0.15, -0.1) is 0 Å². The SMILES string of the molecule is N#Cc1cc(OCC2(NC=O)CC2)cc2c1CC(CC=O)C2. The van der Waals surface area contributed by atoms with Crippen LogP contribution < -0.4 is 10.1 Å². The number of nitriles is 1. The maximum absolute atomic E-state index is 10.7. The molecule has 0 bridgehead atoms. The molecular weight excluding hydrogens is 280 g/mol. The van der Waals surface area contributed by atoms with Crippen LogP contribution >= 0.6 is 0 Å². The summed E-state index contributed by atoms with van der Waals surface area (Å²) in [4.78, 5) is 21.3. The topological polar surface area (TPSA) is 79.2 Å². The van der Waals surface area contributed by atoms with Gasteiger partial charge >= 0.3 is 0 Å². The zero-order chi connectivity index (χ0) is 15.6. The Bertz CT molecular complexity index is 644. The van der Waals surface area contributed by atoms with Crippen LogP contribution in [0.5, 0.6) is 5.75 Å². The van der Waals surface area contributed by atoms with E-state index in [9.17, 15) is 14.9 Å². The molecule has 3 rings (SSSR count). The summed E-state index contributed by atoms with van der Waals surface area (Å²) < 4.78 is 5.81. The molecule has 1 aromatic carbocycles. The van der Waals surface area contributed by atoms with Gasteiger partial charge in [0.25, 0.3) is 0 Å². The van der Waals surface area contributed by atoms with Crippen molar-refractivity contribution in [3.8, 4) is 11.8 Å². The lowest BCUT2D eigenvalue weighted by molar-refractivity contribution is -0.110. The van der Waals surface area contributed by atoms with E-state index in [-0.39, 0.29) is 5.54 Å². The zero-order valence-electron chi connectivity index (χ0n) is 12.3. The Morgan fingerprint density at radius 2 is 2.18 bits per heavy atom. The van der Waals surface area contributed by atoms with Crippen molar-refractivity contribution in [3.63, 3.8) is 0 Å². The third-order valence-electron chi connectivity index (χ3n) is 4.60. The van der Waals surface area contributed by atoms with Gasteiger partial charge in [-0.25, -0.2) is 0 Å². The number of fused-ring (bicyclic) bond motifs is 1. The first-order valence-corrected chi connectivity index (χ1v) is 7.53. The van der Waals surface area contributed by atoms with Crippen LogP contribution in [0.3, 0.4) is 0 Å². The van der Waals surface area contributed by atoms with Gasteiger partial charge in [0, 0.05) is 6.42 Å². The summed E-state index contributed by atoms with van der Waals surface area (Å²) >= 11 is 0. The molecule has 114 valence electrons. The number of aldehydes is 1. The number of ether oxygens (including phenoxy) is 1. The highest BCUT2D eigenvalue weighted by atomic mass is 16.5. The van der Waals surface area contributed by atoms with Crippen molar-refractivity contribution in [1.82, 2.24) is 5.32 Å². The third-order valence-corrected chi connectivity index (χ3v) is 4.60. The molecule has 0 radical (unpaired) electrons. The maximum atomic E-state index is 10.7. The molecule has 1 N–H and O–H groups in total. The molecule has 0 aromatic heterocycles. The van der Waals surface area contributed by atoms with Gasteiger partial charge in [0.1, 0.15) is 18.6 Å². The molecule has 1 atom stereocenters. The van der Waals surface area contributed by atoms with E-state index in [2.05, 4.69) is 11.4 Å². The van der Waals surface area contributed by atoms with Gasteiger partial charge in [0.15, 0.2) is 0 Å². The van der Waals surface area contributed by atoms with E-state index in [1.807, 2.05) is 6.07 Å². The molecule has 0 saturated heterocycles. The van der Waals surface area contributed by atoms with E-state index in [1.165, 1.54) is 0 Å². The van der Waals surface area contributed by atoms with E-state index in [0.717, 1.165) is 43.1 Å². The molecule has 0 aliphatic heterocycles. The van der Waals surface area contributed by atoms with Gasteiger partial charge in [0.05, 0.1) is 17.2 Å². The third kappa shape index (κ3) is 2.82. The molecule has 22 heavy (non-hydrogen) atoms. The fourth-order valence-electron chi connectivity index (χ4n) is 3.11. The zero-order valence-corrected chi connectivity index (χ0v) is 12.3. The lowest BCUT2D eigenvalue weighted by Gasteiger charge is -2.16. The van der Waals surface area contributed by atoms with Crippen LogP contribution in [0.1, 0.15) is 36.0 Å². The first-order chi connectivity index (χ1) is 10.7. The second kappa shape index (κ2) is 5.80. The molecule has 1 aromatic rings. The Kier molecular flexibility index (Phi) is 3.84. The van der Waals surface area contributed by atoms with Gasteiger partial charge < -0.3 is 14.8 Å². The van der Waals surface area contributed by atoms with E-state index >= 15 is 0 Å². The van der Waals surface area contributed by atoms with Crippen LogP contribution in [-0.4, -0.2) is 24.8 Å². The number of carbonyl (C=O) groups excluding carboxylic acids is 2. The minimum Gasteiger partial charge on any atom is -0.491 e. The predicted molar refractivity (Wildman–Crippen MR) is 79.4 cm³/mol. The lowest BCUT2D eigenvalue weighted by Crippen LogP contribution is -2.35. The molecule has 5 heteroatoms. The van der Waals surface area contributed by atoms with Gasteiger partial charge in [-0.05, 0) is 54.9 Å². The van der Waals surface area contributed by atoms with Crippen LogP contribution in [0, 0.1) is 17.2 Å². The van der Waals surface area contributed by atoms with E-state index in [4.69, 9.17) is 4.74 Å². The van der Waals surface area contributed by atoms with Gasteiger partial charge in [-0.2, -0.15) is 5.26 Å². The second-order valence-corrected chi connectivity index (χ2v) is 6.23. The van der Waals surface area contributed by atoms with Crippen LogP contribution in [0.25, 0.3) is 0 Å². The number of rotatable bonds is 7. The summed E-state index contributed by atoms with van der Waals surface area (Å²) in [7, 11) is 0. The molecule has 5 nitrogen and oxygen atoms in total. The summed E-state index contributed by atoms with van der Waals surface area (Å²) in [5.74, 6) is 0.961. The van der Waals surface area contributed by atoms with Crippen LogP contribution in [0.4, 0.5) is 0 Å². The predicted octanol–water partition coefficient (Wildman–Crippen LogP) is 1.52. The molecular formula is C17H18N2O3. The second-order valence-electron chi connectivity index (χ2n) is 6.23. The number of benzene rings is 1. The minimum absolute atomic E-state index is 0.229. The van der Waals surface area contributed by atoms with Gasteiger partial charge in [-0.3, -0.25) is 4.79 Å². The average molecular weight is 298 g/mol. The van der Waals surface area contributed by atoms with Crippen LogP contribution in [0.2, 0.25) is 0 Å². The highest BCUT2D eigenvalue weighted by Gasteiger charge is 2.43. The van der Waals surface area contributed by atoms with Crippen molar-refractivity contribution in [3.05, 3.63) is 28.8 Å². The fraction of sp³-hybridized carbons (Fsp3) is 0.471. The highest BCUT2D eigenvalue weighted by Crippen LogP contribution is 2.37. The number of nitrogens with zero attached hydrogens (tertiary/aromatic N) is 1. The molecule has 1 amide bonds. The summed E-state index contributed by atoms with van der Waals surface area (Å²) in [6.45, 7) is 0.424. The molecule has 0 heterocycles. The number of hydrogen-bond acceptors (Lipinski definition) is 4. The largest absolute Gasteiger partial charge is 0.491 e. The standard InChI is InChI=1S/C17H18N2O3/c18-9-14-8-15(22-10-17(2-3-17)19-11-21)7-13-5-12(1-4-20)6-16(13)14/h4,7-8,11-12H,1-3,5-6,10H2,(H,19,21). The monoisotopic (exact) mass is 298 g/mol. The number of amides is 1. The van der Waals surface area contributed by atoms with Gasteiger partial charge in [0.2, 0.25) is 6.41 Å². The van der Waals surface area contributed by atoms with Crippen LogP contribution in [0.15, 0.2) is 12.1 Å². The molecule has 1 fully saturated rings. The Balaban J connectivity index is 1.75. The van der Waals surface area contributed by atoms with Crippen molar-refractivity contribution < 1.29 is 14.3 Å². The van der Waals surface area contributed by atoms with Gasteiger partial charge in [-0.1, -0.05) is 0 Å². The van der Waals surface area contributed by atoms with Crippen molar-refractivity contribution in [2.45, 2.75) is 37.6 Å². The Morgan fingerprint density at radius 3 is 2.82 bits per heavy atom. The van der Waals surface area contributed by atoms with Crippen molar-refractivity contribution in [2.75, 3.05) is 6.61 Å². The molecule has 2 aliphatic rings. The summed E-state index contributed by atoms with van der Waals surface area (Å²) in [5.41, 5.74) is 2.56. The molecule has 0 spiro atoms. The highest BCUT2D eigenvalue weighted by molar-refractivity contribution is 5.54. The number of nitrogens with one attached hydrogen (secondary N) is 1. The van der Waals surface area contributed by atoms with E-state index < -0.39 is 0 Å². The number of carbonyl (C=O) groups is 2. The van der Waals surface area contributed by atoms with Crippen molar-refractivity contribution in [1.29, 1.82) is 5.26 Å². The van der Waals surface area contributed by atoms with Crippen LogP contribution in [-0.2, 0) is 22.4 Å². The van der Waals surface area contributed by atoms with Crippen molar-refractivity contribution >= 4 is 12.7 Å². The first-order valence-electron chi connectivity index (χ1n) is 7.53. The Labute approximate surface area is 129 Å². The Morgan fingerprint density at radius 1 is 1.36 bits per heavy atom. The van der Waals surface area contributed by atoms with E-state index in [0.29, 0.717) is 36.7 Å². The molecule has 1 saturated carbocycles. The molecule has 2 aliphatic carbocycles. The lowest BCUT2D eigenvalue weighted by atomic mass is 10.0. The normalized spacial score (nSPS) is 20.6. The van der Waals surface area contributed by atoms with Crippen molar-refractivity contribution in [2.24, 2.45) is 5.92 Å². The fourth-order valence-corrected chi connectivity index (χ4v) is 3.11. The summed E-state index contributed by atoms with van der Waals surface area (Å²) in [6.07, 6.45) is 5.63. The quantitative estimate of drug-likeness (QED) is 0.774. The minimum atomic E-state index is -0.229. The molecule has 1 unspecified atom stereocenters. The Hall–Kier alpha value is -2.35. The number of hydrogen-bond donors (Lipinski definition) is 1. The average Bonchev–Trinajstić information content (AvgIpc) is 3.16.